The molecule has 0 atom stereocenters. The minimum atomic E-state index is 0.899. The molecule has 5 heteroatoms. The Morgan fingerprint density at radius 3 is 2.23 bits per heavy atom. The molecule has 1 aromatic heterocycles. The summed E-state index contributed by atoms with van der Waals surface area (Å²) >= 11 is 0. The van der Waals surface area contributed by atoms with Crippen molar-refractivity contribution in [2.24, 2.45) is 7.05 Å². The molecule has 1 fully saturated rings. The van der Waals surface area contributed by atoms with Gasteiger partial charge in [-0.2, -0.15) is 0 Å². The van der Waals surface area contributed by atoms with E-state index in [2.05, 4.69) is 54.9 Å². The average Bonchev–Trinajstić information content (AvgIpc) is 2.74. The Hall–Kier alpha value is -1.72. The number of nitrogens with zero attached hydrogens (tertiary/aromatic N) is 5. The third-order valence-electron chi connectivity index (χ3n) is 4.48. The highest BCUT2D eigenvalue weighted by molar-refractivity contribution is 5.14. The molecule has 0 radical (unpaired) electrons. The van der Waals surface area contributed by atoms with Crippen LogP contribution in [0.5, 0.6) is 0 Å². The lowest BCUT2D eigenvalue weighted by Crippen LogP contribution is -2.31. The molecular weight excluding hydrogens is 274 g/mol. The summed E-state index contributed by atoms with van der Waals surface area (Å²) in [6.07, 6.45) is 1.21. The Labute approximate surface area is 132 Å². The Bertz CT molecular complexity index is 592. The molecule has 0 unspecified atom stereocenters. The Kier molecular flexibility index (Phi) is 4.85. The molecule has 2 aromatic rings. The molecule has 118 valence electrons. The number of hydrogen-bond acceptors (Lipinski definition) is 4. The van der Waals surface area contributed by atoms with Crippen molar-refractivity contribution in [3.63, 3.8) is 0 Å². The molecule has 0 amide bonds. The van der Waals surface area contributed by atoms with Crippen LogP contribution in [0.4, 0.5) is 0 Å². The molecule has 0 bridgehead atoms. The molecule has 0 aliphatic carbocycles. The van der Waals surface area contributed by atoms with Gasteiger partial charge in [0.25, 0.3) is 0 Å². The Balaban J connectivity index is 1.55. The van der Waals surface area contributed by atoms with Crippen LogP contribution in [-0.2, 0) is 20.1 Å². The lowest BCUT2D eigenvalue weighted by molar-refractivity contribution is 0.242. The van der Waals surface area contributed by atoms with Crippen LogP contribution in [0.2, 0.25) is 0 Å². The lowest BCUT2D eigenvalue weighted by Gasteiger charge is -2.21. The topological polar surface area (TPSA) is 37.2 Å². The van der Waals surface area contributed by atoms with Crippen LogP contribution in [0, 0.1) is 6.92 Å². The summed E-state index contributed by atoms with van der Waals surface area (Å²) in [5.74, 6) is 2.05. The lowest BCUT2D eigenvalue weighted by atomic mass is 10.2. The first-order chi connectivity index (χ1) is 10.7. The van der Waals surface area contributed by atoms with E-state index in [1.807, 2.05) is 14.0 Å². The highest BCUT2D eigenvalue weighted by Crippen LogP contribution is 2.11. The van der Waals surface area contributed by atoms with Crippen molar-refractivity contribution in [3.8, 4) is 0 Å². The average molecular weight is 299 g/mol. The SMILES string of the molecule is Cc1nnc(CN2CCCN(Cc3ccccc3)CC2)n1C. The fourth-order valence-corrected chi connectivity index (χ4v) is 2.97. The van der Waals surface area contributed by atoms with Crippen molar-refractivity contribution < 1.29 is 0 Å². The maximum absolute atomic E-state index is 4.28. The van der Waals surface area contributed by atoms with Crippen molar-refractivity contribution in [2.45, 2.75) is 26.4 Å². The van der Waals surface area contributed by atoms with Gasteiger partial charge in [-0.05, 0) is 32.0 Å². The summed E-state index contributed by atoms with van der Waals surface area (Å²) in [5.41, 5.74) is 1.40. The van der Waals surface area contributed by atoms with Crippen molar-refractivity contribution in [1.82, 2.24) is 24.6 Å². The summed E-state index contributed by atoms with van der Waals surface area (Å²) in [7, 11) is 2.05. The van der Waals surface area contributed by atoms with Crippen LogP contribution < -0.4 is 0 Å². The van der Waals surface area contributed by atoms with E-state index in [-0.39, 0.29) is 0 Å². The first kappa shape index (κ1) is 15.2. The second-order valence-corrected chi connectivity index (χ2v) is 6.11. The maximum atomic E-state index is 4.28. The van der Waals surface area contributed by atoms with E-state index in [9.17, 15) is 0 Å². The summed E-state index contributed by atoms with van der Waals surface area (Å²) in [5, 5.41) is 8.44. The highest BCUT2D eigenvalue weighted by atomic mass is 15.3. The molecule has 0 N–H and O–H groups in total. The molecule has 2 heterocycles. The molecular formula is C17H25N5. The Morgan fingerprint density at radius 1 is 0.909 bits per heavy atom. The fraction of sp³-hybridized carbons (Fsp3) is 0.529. The number of benzene rings is 1. The molecule has 1 saturated heterocycles. The minimum Gasteiger partial charge on any atom is -0.317 e. The van der Waals surface area contributed by atoms with E-state index in [4.69, 9.17) is 0 Å². The van der Waals surface area contributed by atoms with Gasteiger partial charge in [0.15, 0.2) is 0 Å². The number of aryl methyl sites for hydroxylation is 1. The van der Waals surface area contributed by atoms with Gasteiger partial charge in [-0.3, -0.25) is 9.80 Å². The molecule has 1 aliphatic heterocycles. The normalized spacial score (nSPS) is 17.5. The standard InChI is InChI=1S/C17H25N5/c1-15-18-19-17(20(15)2)14-22-10-6-9-21(11-12-22)13-16-7-4-3-5-8-16/h3-5,7-8H,6,9-14H2,1-2H3. The highest BCUT2D eigenvalue weighted by Gasteiger charge is 2.17. The van der Waals surface area contributed by atoms with Gasteiger partial charge in [-0.1, -0.05) is 30.3 Å². The smallest absolute Gasteiger partial charge is 0.146 e. The second kappa shape index (κ2) is 7.03. The zero-order valence-electron chi connectivity index (χ0n) is 13.6. The molecule has 22 heavy (non-hydrogen) atoms. The minimum absolute atomic E-state index is 0.899. The monoisotopic (exact) mass is 299 g/mol. The van der Waals surface area contributed by atoms with Gasteiger partial charge < -0.3 is 4.57 Å². The van der Waals surface area contributed by atoms with Crippen molar-refractivity contribution in [2.75, 3.05) is 26.2 Å². The molecule has 5 nitrogen and oxygen atoms in total. The predicted octanol–water partition coefficient (Wildman–Crippen LogP) is 1.83. The van der Waals surface area contributed by atoms with Gasteiger partial charge in [0.2, 0.25) is 0 Å². The molecule has 0 saturated carbocycles. The van der Waals surface area contributed by atoms with Gasteiger partial charge >= 0.3 is 0 Å². The summed E-state index contributed by atoms with van der Waals surface area (Å²) < 4.78 is 2.09. The first-order valence-electron chi connectivity index (χ1n) is 8.06. The molecule has 1 aliphatic rings. The van der Waals surface area contributed by atoms with E-state index in [1.54, 1.807) is 0 Å². The van der Waals surface area contributed by atoms with Crippen LogP contribution >= 0.6 is 0 Å². The maximum Gasteiger partial charge on any atom is 0.146 e. The van der Waals surface area contributed by atoms with Crippen molar-refractivity contribution >= 4 is 0 Å². The number of hydrogen-bond donors (Lipinski definition) is 0. The van der Waals surface area contributed by atoms with Crippen molar-refractivity contribution in [1.29, 1.82) is 0 Å². The van der Waals surface area contributed by atoms with Gasteiger partial charge in [-0.15, -0.1) is 10.2 Å². The van der Waals surface area contributed by atoms with E-state index < -0.39 is 0 Å². The molecule has 0 spiro atoms. The zero-order chi connectivity index (χ0) is 15.4. The zero-order valence-corrected chi connectivity index (χ0v) is 13.6. The van der Waals surface area contributed by atoms with Crippen LogP contribution in [0.1, 0.15) is 23.6 Å². The Morgan fingerprint density at radius 2 is 1.59 bits per heavy atom. The second-order valence-electron chi connectivity index (χ2n) is 6.11. The van der Waals surface area contributed by atoms with Crippen LogP contribution in [0.25, 0.3) is 0 Å². The van der Waals surface area contributed by atoms with Crippen LogP contribution in [-0.4, -0.2) is 50.7 Å². The summed E-state index contributed by atoms with van der Waals surface area (Å²) in [4.78, 5) is 5.05. The number of aromatic nitrogens is 3. The summed E-state index contributed by atoms with van der Waals surface area (Å²) in [6, 6.07) is 10.7. The summed E-state index contributed by atoms with van der Waals surface area (Å²) in [6.45, 7) is 8.47. The number of rotatable bonds is 4. The van der Waals surface area contributed by atoms with Gasteiger partial charge in [0.1, 0.15) is 11.6 Å². The van der Waals surface area contributed by atoms with Gasteiger partial charge in [0.05, 0.1) is 6.54 Å². The predicted molar refractivity (Wildman–Crippen MR) is 87.4 cm³/mol. The van der Waals surface area contributed by atoms with E-state index in [1.165, 1.54) is 18.5 Å². The van der Waals surface area contributed by atoms with Crippen LogP contribution in [0.15, 0.2) is 30.3 Å². The first-order valence-corrected chi connectivity index (χ1v) is 8.06. The van der Waals surface area contributed by atoms with Crippen LogP contribution in [0.3, 0.4) is 0 Å². The quantitative estimate of drug-likeness (QED) is 0.863. The van der Waals surface area contributed by atoms with E-state index >= 15 is 0 Å². The third-order valence-corrected chi connectivity index (χ3v) is 4.48. The van der Waals surface area contributed by atoms with E-state index in [0.717, 1.165) is 44.4 Å². The molecule has 3 rings (SSSR count). The van der Waals surface area contributed by atoms with Gasteiger partial charge in [-0.25, -0.2) is 0 Å². The van der Waals surface area contributed by atoms with Gasteiger partial charge in [0, 0.05) is 26.7 Å². The molecule has 1 aromatic carbocycles. The van der Waals surface area contributed by atoms with E-state index in [0.29, 0.717) is 0 Å². The largest absolute Gasteiger partial charge is 0.317 e. The fourth-order valence-electron chi connectivity index (χ4n) is 2.97. The third kappa shape index (κ3) is 3.72. The van der Waals surface area contributed by atoms with Crippen molar-refractivity contribution in [3.05, 3.63) is 47.5 Å².